The SMILES string of the molecule is COc1ccc(N2CCOCC2)c2sc(C(=O)N3CCC4(CC3)OCc3ccccc34)nc12. The van der Waals surface area contributed by atoms with Gasteiger partial charge in [-0.15, -0.1) is 11.3 Å². The first-order chi connectivity index (χ1) is 16.2. The van der Waals surface area contributed by atoms with E-state index in [2.05, 4.69) is 35.2 Å². The zero-order valence-corrected chi connectivity index (χ0v) is 19.5. The number of thiazole rings is 1. The van der Waals surface area contributed by atoms with Gasteiger partial charge in [-0.25, -0.2) is 4.98 Å². The number of anilines is 1. The van der Waals surface area contributed by atoms with E-state index in [9.17, 15) is 4.79 Å². The highest BCUT2D eigenvalue weighted by Gasteiger charge is 2.43. The minimum absolute atomic E-state index is 0.00712. The van der Waals surface area contributed by atoms with Crippen LogP contribution >= 0.6 is 11.3 Å². The van der Waals surface area contributed by atoms with E-state index in [1.54, 1.807) is 7.11 Å². The quantitative estimate of drug-likeness (QED) is 0.586. The summed E-state index contributed by atoms with van der Waals surface area (Å²) in [5.41, 5.74) is 4.16. The van der Waals surface area contributed by atoms with Gasteiger partial charge in [0.25, 0.3) is 5.91 Å². The molecule has 7 nitrogen and oxygen atoms in total. The Morgan fingerprint density at radius 2 is 1.88 bits per heavy atom. The fourth-order valence-electron chi connectivity index (χ4n) is 5.28. The van der Waals surface area contributed by atoms with Crippen molar-refractivity contribution in [2.45, 2.75) is 25.0 Å². The van der Waals surface area contributed by atoms with E-state index in [1.807, 2.05) is 11.0 Å². The predicted octanol–water partition coefficient (Wildman–Crippen LogP) is 3.80. The van der Waals surface area contributed by atoms with Gasteiger partial charge in [0.05, 0.1) is 42.9 Å². The number of morpholine rings is 1. The Morgan fingerprint density at radius 1 is 1.09 bits per heavy atom. The molecule has 1 aromatic heterocycles. The van der Waals surface area contributed by atoms with Crippen LogP contribution in [0.3, 0.4) is 0 Å². The van der Waals surface area contributed by atoms with Crippen LogP contribution in [-0.2, 0) is 21.7 Å². The number of fused-ring (bicyclic) bond motifs is 3. The molecule has 33 heavy (non-hydrogen) atoms. The molecule has 0 atom stereocenters. The van der Waals surface area contributed by atoms with Gasteiger partial charge in [-0.1, -0.05) is 24.3 Å². The molecule has 172 valence electrons. The zero-order valence-electron chi connectivity index (χ0n) is 18.7. The Bertz CT molecular complexity index is 1200. The van der Waals surface area contributed by atoms with Gasteiger partial charge in [0.2, 0.25) is 0 Å². The number of piperidine rings is 1. The topological polar surface area (TPSA) is 64.1 Å². The van der Waals surface area contributed by atoms with Crippen LogP contribution in [0.25, 0.3) is 10.2 Å². The van der Waals surface area contributed by atoms with Crippen LogP contribution in [0.2, 0.25) is 0 Å². The molecule has 2 aromatic carbocycles. The predicted molar refractivity (Wildman–Crippen MR) is 127 cm³/mol. The van der Waals surface area contributed by atoms with Crippen molar-refractivity contribution in [3.8, 4) is 5.75 Å². The first-order valence-electron chi connectivity index (χ1n) is 11.5. The van der Waals surface area contributed by atoms with Crippen LogP contribution in [0.4, 0.5) is 5.69 Å². The molecule has 3 aliphatic heterocycles. The lowest BCUT2D eigenvalue weighted by molar-refractivity contribution is -0.0741. The number of hydrogen-bond acceptors (Lipinski definition) is 7. The molecule has 3 aromatic rings. The van der Waals surface area contributed by atoms with Gasteiger partial charge in [0.15, 0.2) is 5.01 Å². The lowest BCUT2D eigenvalue weighted by atomic mass is 9.84. The zero-order chi connectivity index (χ0) is 22.4. The molecule has 2 fully saturated rings. The van der Waals surface area contributed by atoms with Crippen LogP contribution in [0.15, 0.2) is 36.4 Å². The fraction of sp³-hybridized carbons (Fsp3) is 0.440. The summed E-state index contributed by atoms with van der Waals surface area (Å²) in [6.45, 7) is 5.06. The van der Waals surface area contributed by atoms with Gasteiger partial charge < -0.3 is 24.0 Å². The van der Waals surface area contributed by atoms with Crippen molar-refractivity contribution in [1.82, 2.24) is 9.88 Å². The van der Waals surface area contributed by atoms with Crippen molar-refractivity contribution in [3.05, 3.63) is 52.5 Å². The normalized spacial score (nSPS) is 19.8. The van der Waals surface area contributed by atoms with Gasteiger partial charge in [-0.3, -0.25) is 4.79 Å². The van der Waals surface area contributed by atoms with Gasteiger partial charge in [-0.05, 0) is 36.1 Å². The summed E-state index contributed by atoms with van der Waals surface area (Å²) < 4.78 is 18.3. The summed E-state index contributed by atoms with van der Waals surface area (Å²) in [5.74, 6) is 0.693. The average Bonchev–Trinajstić information content (AvgIpc) is 3.47. The van der Waals surface area contributed by atoms with Crippen molar-refractivity contribution < 1.29 is 19.0 Å². The molecule has 2 saturated heterocycles. The number of nitrogens with zero attached hydrogens (tertiary/aromatic N) is 3. The average molecular weight is 466 g/mol. The Balaban J connectivity index is 1.26. The summed E-state index contributed by atoms with van der Waals surface area (Å²) in [6.07, 6.45) is 1.62. The highest BCUT2D eigenvalue weighted by molar-refractivity contribution is 7.21. The van der Waals surface area contributed by atoms with E-state index in [0.29, 0.717) is 43.7 Å². The standard InChI is InChI=1S/C25H27N3O4S/c1-30-20-7-6-19(27-12-14-31-15-13-27)22-21(20)26-23(33-22)24(29)28-10-8-25(9-11-28)18-5-3-2-4-17(18)16-32-25/h2-7H,8-16H2,1H3. The molecule has 0 saturated carbocycles. The minimum atomic E-state index is -0.256. The van der Waals surface area contributed by atoms with Gasteiger partial charge in [0, 0.05) is 26.2 Å². The van der Waals surface area contributed by atoms with E-state index in [1.165, 1.54) is 22.5 Å². The molecule has 8 heteroatoms. The summed E-state index contributed by atoms with van der Waals surface area (Å²) in [6, 6.07) is 12.5. The second-order valence-electron chi connectivity index (χ2n) is 8.82. The number of carbonyl (C=O) groups is 1. The van der Waals surface area contributed by atoms with E-state index >= 15 is 0 Å². The minimum Gasteiger partial charge on any atom is -0.494 e. The number of likely N-dealkylation sites (tertiary alicyclic amines) is 1. The molecule has 3 aliphatic rings. The Morgan fingerprint density at radius 3 is 2.67 bits per heavy atom. The fourth-order valence-corrected chi connectivity index (χ4v) is 6.38. The molecule has 4 heterocycles. The molecule has 6 rings (SSSR count). The lowest BCUT2D eigenvalue weighted by Crippen LogP contribution is -2.45. The summed E-state index contributed by atoms with van der Waals surface area (Å²) in [4.78, 5) is 22.4. The highest BCUT2D eigenvalue weighted by Crippen LogP contribution is 2.44. The van der Waals surface area contributed by atoms with E-state index in [0.717, 1.165) is 41.8 Å². The largest absolute Gasteiger partial charge is 0.494 e. The maximum atomic E-state index is 13.5. The molecule has 1 spiro atoms. The summed E-state index contributed by atoms with van der Waals surface area (Å²) >= 11 is 1.47. The van der Waals surface area contributed by atoms with Crippen LogP contribution in [-0.4, -0.2) is 62.3 Å². The van der Waals surface area contributed by atoms with Crippen LogP contribution in [0.5, 0.6) is 5.75 Å². The van der Waals surface area contributed by atoms with Crippen LogP contribution < -0.4 is 9.64 Å². The third-order valence-corrected chi connectivity index (χ3v) is 8.18. The van der Waals surface area contributed by atoms with Crippen LogP contribution in [0.1, 0.15) is 33.8 Å². The Labute approximate surface area is 196 Å². The molecule has 0 bridgehead atoms. The number of methoxy groups -OCH3 is 1. The third kappa shape index (κ3) is 3.48. The number of aromatic nitrogens is 1. The van der Waals surface area contributed by atoms with Gasteiger partial charge in [0.1, 0.15) is 11.3 Å². The Hall–Kier alpha value is -2.68. The summed E-state index contributed by atoms with van der Waals surface area (Å²) in [5, 5.41) is 0.521. The number of rotatable bonds is 3. The Kier molecular flexibility index (Phi) is 5.24. The lowest BCUT2D eigenvalue weighted by Gasteiger charge is -2.39. The van der Waals surface area contributed by atoms with E-state index in [-0.39, 0.29) is 11.5 Å². The number of carbonyl (C=O) groups excluding carboxylic acids is 1. The molecular weight excluding hydrogens is 438 g/mol. The summed E-state index contributed by atoms with van der Waals surface area (Å²) in [7, 11) is 1.65. The molecule has 1 amide bonds. The van der Waals surface area contributed by atoms with Crippen molar-refractivity contribution in [2.75, 3.05) is 51.4 Å². The van der Waals surface area contributed by atoms with E-state index in [4.69, 9.17) is 19.2 Å². The second kappa shape index (κ2) is 8.27. The van der Waals surface area contributed by atoms with Crippen LogP contribution in [0, 0.1) is 0 Å². The monoisotopic (exact) mass is 465 g/mol. The maximum Gasteiger partial charge on any atom is 0.282 e. The molecule has 0 N–H and O–H groups in total. The molecule has 0 radical (unpaired) electrons. The van der Waals surface area contributed by atoms with Crippen molar-refractivity contribution in [3.63, 3.8) is 0 Å². The first-order valence-corrected chi connectivity index (χ1v) is 12.3. The number of benzene rings is 2. The van der Waals surface area contributed by atoms with Crippen molar-refractivity contribution in [1.29, 1.82) is 0 Å². The maximum absolute atomic E-state index is 13.5. The highest BCUT2D eigenvalue weighted by atomic mass is 32.1. The number of hydrogen-bond donors (Lipinski definition) is 0. The molecular formula is C25H27N3O4S. The smallest absolute Gasteiger partial charge is 0.282 e. The van der Waals surface area contributed by atoms with Crippen molar-refractivity contribution >= 4 is 33.1 Å². The molecule has 0 aliphatic carbocycles. The third-order valence-electron chi connectivity index (χ3n) is 7.11. The van der Waals surface area contributed by atoms with Gasteiger partial charge in [-0.2, -0.15) is 0 Å². The number of ether oxygens (including phenoxy) is 3. The van der Waals surface area contributed by atoms with Gasteiger partial charge >= 0.3 is 0 Å². The molecule has 0 unspecified atom stereocenters. The number of amides is 1. The van der Waals surface area contributed by atoms with Crippen molar-refractivity contribution in [2.24, 2.45) is 0 Å². The van der Waals surface area contributed by atoms with E-state index < -0.39 is 0 Å². The first kappa shape index (κ1) is 20.9. The second-order valence-corrected chi connectivity index (χ2v) is 9.81.